The minimum Gasteiger partial charge on any atom is -0.365 e. The predicted molar refractivity (Wildman–Crippen MR) is 64.9 cm³/mol. The molecule has 0 fully saturated rings. The molecule has 0 bridgehead atoms. The van der Waals surface area contributed by atoms with E-state index in [1.807, 2.05) is 13.8 Å². The van der Waals surface area contributed by atoms with E-state index in [1.165, 1.54) is 6.07 Å². The van der Waals surface area contributed by atoms with E-state index in [0.29, 0.717) is 10.4 Å². The van der Waals surface area contributed by atoms with Gasteiger partial charge in [0, 0.05) is 22.6 Å². The maximum absolute atomic E-state index is 13.4. The van der Waals surface area contributed by atoms with Gasteiger partial charge in [-0.25, -0.2) is 9.37 Å². The van der Waals surface area contributed by atoms with Crippen LogP contribution in [0, 0.1) is 11.7 Å². The molecule has 0 aromatic carbocycles. The Balaban J connectivity index is 2.72. The summed E-state index contributed by atoms with van der Waals surface area (Å²) in [5, 5.41) is 3.00. The zero-order valence-corrected chi connectivity index (χ0v) is 10.9. The lowest BCUT2D eigenvalue weighted by Crippen LogP contribution is -2.25. The van der Waals surface area contributed by atoms with Crippen molar-refractivity contribution in [2.24, 2.45) is 5.92 Å². The molecule has 1 aromatic rings. The van der Waals surface area contributed by atoms with Crippen LogP contribution in [0.15, 0.2) is 16.7 Å². The molecule has 1 rings (SSSR count). The van der Waals surface area contributed by atoms with E-state index < -0.39 is 0 Å². The second kappa shape index (κ2) is 5.66. The summed E-state index contributed by atoms with van der Waals surface area (Å²) in [6, 6.07) is 1.47. The van der Waals surface area contributed by atoms with Crippen LogP contribution < -0.4 is 5.32 Å². The van der Waals surface area contributed by atoms with Gasteiger partial charge in [-0.2, -0.15) is 0 Å². The van der Waals surface area contributed by atoms with Gasteiger partial charge in [-0.05, 0) is 34.8 Å². The normalized spacial score (nSPS) is 14.7. The van der Waals surface area contributed by atoms with Crippen molar-refractivity contribution in [3.05, 3.63) is 22.6 Å². The average Bonchev–Trinajstić information content (AvgIpc) is 2.20. The molecule has 84 valence electrons. The molecule has 1 aromatic heterocycles. The van der Waals surface area contributed by atoms with Crippen LogP contribution in [-0.2, 0) is 0 Å². The highest BCUT2D eigenvalue weighted by Crippen LogP contribution is 2.18. The zero-order chi connectivity index (χ0) is 11.4. The van der Waals surface area contributed by atoms with Crippen molar-refractivity contribution >= 4 is 33.3 Å². The minimum atomic E-state index is -0.363. The Hall–Kier alpha value is -0.350. The molecule has 1 heterocycles. The van der Waals surface area contributed by atoms with Crippen molar-refractivity contribution in [3.8, 4) is 0 Å². The number of alkyl halides is 1. The topological polar surface area (TPSA) is 24.9 Å². The Morgan fingerprint density at radius 2 is 2.27 bits per heavy atom. The Kier molecular flexibility index (Phi) is 4.80. The summed E-state index contributed by atoms with van der Waals surface area (Å²) >= 11 is 8.87. The van der Waals surface area contributed by atoms with Gasteiger partial charge >= 0.3 is 0 Å². The molecule has 2 unspecified atom stereocenters. The number of rotatable bonds is 4. The third-order valence-corrected chi connectivity index (χ3v) is 3.19. The number of halogens is 3. The van der Waals surface area contributed by atoms with E-state index in [-0.39, 0.29) is 23.6 Å². The van der Waals surface area contributed by atoms with E-state index in [0.717, 1.165) is 0 Å². The van der Waals surface area contributed by atoms with E-state index in [9.17, 15) is 4.39 Å². The fourth-order valence-electron chi connectivity index (χ4n) is 1.01. The molecule has 0 amide bonds. The van der Waals surface area contributed by atoms with Crippen molar-refractivity contribution in [2.45, 2.75) is 19.9 Å². The van der Waals surface area contributed by atoms with E-state index in [4.69, 9.17) is 11.6 Å². The molecule has 15 heavy (non-hydrogen) atoms. The van der Waals surface area contributed by atoms with Crippen LogP contribution in [0.25, 0.3) is 0 Å². The number of anilines is 1. The number of aromatic nitrogens is 1. The van der Waals surface area contributed by atoms with Crippen LogP contribution in [-0.4, -0.2) is 16.9 Å². The van der Waals surface area contributed by atoms with Gasteiger partial charge in [0.25, 0.3) is 0 Å². The second-order valence-electron chi connectivity index (χ2n) is 3.55. The quantitative estimate of drug-likeness (QED) is 0.858. The number of nitrogens with zero attached hydrogens (tertiary/aromatic N) is 1. The number of hydrogen-bond acceptors (Lipinski definition) is 2. The molecule has 0 aliphatic heterocycles. The van der Waals surface area contributed by atoms with Crippen LogP contribution in [0.3, 0.4) is 0 Å². The van der Waals surface area contributed by atoms with Crippen molar-refractivity contribution in [1.82, 2.24) is 4.98 Å². The standard InChI is InChI=1S/C10H13BrClFN2/c1-6(4-12)7(2)15-10-9(13)3-8(11)5-14-10/h3,5-7H,4H2,1-2H3,(H,14,15). The Morgan fingerprint density at radius 1 is 1.60 bits per heavy atom. The molecular weight excluding hydrogens is 282 g/mol. The fourth-order valence-corrected chi connectivity index (χ4v) is 1.58. The molecule has 0 spiro atoms. The maximum Gasteiger partial charge on any atom is 0.166 e. The summed E-state index contributed by atoms with van der Waals surface area (Å²) in [4.78, 5) is 3.96. The Bertz CT molecular complexity index is 335. The molecule has 0 radical (unpaired) electrons. The SMILES string of the molecule is CC(CCl)C(C)Nc1ncc(Br)cc1F. The highest BCUT2D eigenvalue weighted by Gasteiger charge is 2.13. The molecule has 2 atom stereocenters. The van der Waals surface area contributed by atoms with Gasteiger partial charge < -0.3 is 5.32 Å². The summed E-state index contributed by atoms with van der Waals surface area (Å²) in [5.74, 6) is 0.698. The molecule has 5 heteroatoms. The molecule has 0 aliphatic rings. The molecule has 2 nitrogen and oxygen atoms in total. The summed E-state index contributed by atoms with van der Waals surface area (Å²) in [5.41, 5.74) is 0. The third-order valence-electron chi connectivity index (χ3n) is 2.27. The Morgan fingerprint density at radius 3 is 2.80 bits per heavy atom. The predicted octanol–water partition coefficient (Wildman–Crippen LogP) is 3.66. The highest BCUT2D eigenvalue weighted by atomic mass is 79.9. The molecule has 0 saturated carbocycles. The van der Waals surface area contributed by atoms with Gasteiger partial charge in [-0.1, -0.05) is 6.92 Å². The highest BCUT2D eigenvalue weighted by molar-refractivity contribution is 9.10. The van der Waals surface area contributed by atoms with Crippen LogP contribution in [0.1, 0.15) is 13.8 Å². The zero-order valence-electron chi connectivity index (χ0n) is 8.60. The van der Waals surface area contributed by atoms with Gasteiger partial charge in [0.1, 0.15) is 0 Å². The average molecular weight is 296 g/mol. The smallest absolute Gasteiger partial charge is 0.166 e. The van der Waals surface area contributed by atoms with Gasteiger partial charge in [0.15, 0.2) is 11.6 Å². The van der Waals surface area contributed by atoms with E-state index in [1.54, 1.807) is 6.20 Å². The van der Waals surface area contributed by atoms with Crippen LogP contribution in [0.2, 0.25) is 0 Å². The van der Waals surface area contributed by atoms with E-state index in [2.05, 4.69) is 26.2 Å². The number of nitrogens with one attached hydrogen (secondary N) is 1. The molecule has 1 N–H and O–H groups in total. The first-order valence-corrected chi connectivity index (χ1v) is 6.01. The summed E-state index contributed by atoms with van der Waals surface area (Å²) in [6.07, 6.45) is 1.56. The molecular formula is C10H13BrClFN2. The third kappa shape index (κ3) is 3.61. The van der Waals surface area contributed by atoms with E-state index >= 15 is 0 Å². The largest absolute Gasteiger partial charge is 0.365 e. The minimum absolute atomic E-state index is 0.0886. The van der Waals surface area contributed by atoms with Gasteiger partial charge in [0.2, 0.25) is 0 Å². The number of hydrogen-bond donors (Lipinski definition) is 1. The van der Waals surface area contributed by atoms with Gasteiger partial charge in [0.05, 0.1) is 0 Å². The van der Waals surface area contributed by atoms with Crippen molar-refractivity contribution in [2.75, 3.05) is 11.2 Å². The lowest BCUT2D eigenvalue weighted by molar-refractivity contribution is 0.554. The lowest BCUT2D eigenvalue weighted by Gasteiger charge is -2.19. The van der Waals surface area contributed by atoms with Gasteiger partial charge in [-0.15, -0.1) is 11.6 Å². The van der Waals surface area contributed by atoms with Gasteiger partial charge in [-0.3, -0.25) is 0 Å². The first-order valence-electron chi connectivity index (χ1n) is 4.68. The fraction of sp³-hybridized carbons (Fsp3) is 0.500. The molecule has 0 aliphatic carbocycles. The van der Waals surface area contributed by atoms with Crippen LogP contribution >= 0.6 is 27.5 Å². The summed E-state index contributed by atoms with van der Waals surface area (Å²) in [7, 11) is 0. The summed E-state index contributed by atoms with van der Waals surface area (Å²) < 4.78 is 14.0. The maximum atomic E-state index is 13.4. The van der Waals surface area contributed by atoms with Crippen molar-refractivity contribution in [1.29, 1.82) is 0 Å². The Labute approximate surface area is 102 Å². The van der Waals surface area contributed by atoms with Crippen molar-refractivity contribution < 1.29 is 4.39 Å². The summed E-state index contributed by atoms with van der Waals surface area (Å²) in [6.45, 7) is 3.96. The first kappa shape index (κ1) is 12.7. The monoisotopic (exact) mass is 294 g/mol. The lowest BCUT2D eigenvalue weighted by atomic mass is 10.1. The van der Waals surface area contributed by atoms with Crippen LogP contribution in [0.5, 0.6) is 0 Å². The second-order valence-corrected chi connectivity index (χ2v) is 4.77. The molecule has 0 saturated heterocycles. The first-order chi connectivity index (χ1) is 7.04. The number of pyridine rings is 1. The van der Waals surface area contributed by atoms with Crippen molar-refractivity contribution in [3.63, 3.8) is 0 Å². The van der Waals surface area contributed by atoms with Crippen LogP contribution in [0.4, 0.5) is 10.2 Å².